The standard InChI is InChI=1S/C16H17BrFNO2/c1-10(19)14-7-12(17)4-6-16(14)21-9-11-3-5-13(20-2)8-15(11)18/h3-8,10H,9,19H2,1-2H3/t10-/m1/s1. The Labute approximate surface area is 132 Å². The van der Waals surface area contributed by atoms with Crippen LogP contribution in [0.2, 0.25) is 0 Å². The minimum atomic E-state index is -0.353. The van der Waals surface area contributed by atoms with Gasteiger partial charge in [-0.1, -0.05) is 15.9 Å². The van der Waals surface area contributed by atoms with Crippen molar-refractivity contribution in [3.63, 3.8) is 0 Å². The van der Waals surface area contributed by atoms with Crippen molar-refractivity contribution in [3.05, 3.63) is 57.8 Å². The van der Waals surface area contributed by atoms with Crippen molar-refractivity contribution in [1.29, 1.82) is 0 Å². The molecule has 2 aromatic carbocycles. The van der Waals surface area contributed by atoms with E-state index in [1.807, 2.05) is 25.1 Å². The van der Waals surface area contributed by atoms with Crippen LogP contribution in [0.4, 0.5) is 4.39 Å². The van der Waals surface area contributed by atoms with Crippen LogP contribution in [0.5, 0.6) is 11.5 Å². The van der Waals surface area contributed by atoms with Crippen LogP contribution in [0.25, 0.3) is 0 Å². The van der Waals surface area contributed by atoms with Crippen LogP contribution in [-0.4, -0.2) is 7.11 Å². The molecule has 2 aromatic rings. The van der Waals surface area contributed by atoms with Crippen molar-refractivity contribution in [3.8, 4) is 11.5 Å². The summed E-state index contributed by atoms with van der Waals surface area (Å²) in [5.41, 5.74) is 7.27. The predicted octanol–water partition coefficient (Wildman–Crippen LogP) is 4.20. The van der Waals surface area contributed by atoms with Crippen molar-refractivity contribution >= 4 is 15.9 Å². The normalized spacial score (nSPS) is 12.0. The topological polar surface area (TPSA) is 44.5 Å². The fourth-order valence-electron chi connectivity index (χ4n) is 1.93. The maximum atomic E-state index is 13.9. The van der Waals surface area contributed by atoms with Crippen LogP contribution in [0, 0.1) is 5.82 Å². The molecule has 0 amide bonds. The SMILES string of the molecule is COc1ccc(COc2ccc(Br)cc2[C@@H](C)N)c(F)c1. The third-order valence-corrected chi connectivity index (χ3v) is 3.60. The molecule has 0 unspecified atom stereocenters. The molecule has 0 aliphatic rings. The molecule has 0 spiro atoms. The van der Waals surface area contributed by atoms with Crippen molar-refractivity contribution in [2.24, 2.45) is 5.73 Å². The Morgan fingerprint density at radius 3 is 2.62 bits per heavy atom. The number of rotatable bonds is 5. The predicted molar refractivity (Wildman–Crippen MR) is 84.0 cm³/mol. The largest absolute Gasteiger partial charge is 0.497 e. The Bertz CT molecular complexity index is 632. The Kier molecular flexibility index (Phi) is 5.20. The number of ether oxygens (including phenoxy) is 2. The molecule has 2 N–H and O–H groups in total. The van der Waals surface area contributed by atoms with Gasteiger partial charge in [-0.2, -0.15) is 0 Å². The monoisotopic (exact) mass is 353 g/mol. The first-order chi connectivity index (χ1) is 10.0. The second-order valence-electron chi connectivity index (χ2n) is 4.72. The molecule has 112 valence electrons. The molecule has 0 aromatic heterocycles. The summed E-state index contributed by atoms with van der Waals surface area (Å²) < 4.78 is 25.5. The average molecular weight is 354 g/mol. The van der Waals surface area contributed by atoms with Gasteiger partial charge in [-0.25, -0.2) is 4.39 Å². The lowest BCUT2D eigenvalue weighted by molar-refractivity contribution is 0.294. The Morgan fingerprint density at radius 2 is 2.00 bits per heavy atom. The number of halogens is 2. The number of nitrogens with two attached hydrogens (primary N) is 1. The lowest BCUT2D eigenvalue weighted by atomic mass is 10.1. The molecule has 0 radical (unpaired) electrons. The second-order valence-corrected chi connectivity index (χ2v) is 5.63. The van der Waals surface area contributed by atoms with Gasteiger partial charge in [0.25, 0.3) is 0 Å². The van der Waals surface area contributed by atoms with E-state index in [1.165, 1.54) is 13.2 Å². The van der Waals surface area contributed by atoms with Crippen LogP contribution < -0.4 is 15.2 Å². The first kappa shape index (κ1) is 15.8. The molecular weight excluding hydrogens is 337 g/mol. The summed E-state index contributed by atoms with van der Waals surface area (Å²) in [7, 11) is 1.50. The van der Waals surface area contributed by atoms with Crippen LogP contribution in [0.15, 0.2) is 40.9 Å². The van der Waals surface area contributed by atoms with Gasteiger partial charge in [-0.3, -0.25) is 0 Å². The Balaban J connectivity index is 2.16. The van der Waals surface area contributed by atoms with Crippen molar-refractivity contribution in [2.75, 3.05) is 7.11 Å². The van der Waals surface area contributed by atoms with Crippen molar-refractivity contribution in [1.82, 2.24) is 0 Å². The molecular formula is C16H17BrFNO2. The molecule has 0 bridgehead atoms. The zero-order valence-corrected chi connectivity index (χ0v) is 13.5. The molecule has 0 fully saturated rings. The fourth-order valence-corrected chi connectivity index (χ4v) is 2.31. The zero-order valence-electron chi connectivity index (χ0n) is 11.9. The second kappa shape index (κ2) is 6.91. The van der Waals surface area contributed by atoms with E-state index in [0.717, 1.165) is 10.0 Å². The average Bonchev–Trinajstić information content (AvgIpc) is 2.46. The van der Waals surface area contributed by atoms with Gasteiger partial charge in [0.05, 0.1) is 7.11 Å². The van der Waals surface area contributed by atoms with E-state index in [4.69, 9.17) is 15.2 Å². The minimum absolute atomic E-state index is 0.136. The van der Waals surface area contributed by atoms with Gasteiger partial charge in [0, 0.05) is 27.7 Å². The van der Waals surface area contributed by atoms with E-state index in [2.05, 4.69) is 15.9 Å². The highest BCUT2D eigenvalue weighted by Gasteiger charge is 2.11. The molecule has 0 aliphatic carbocycles. The zero-order chi connectivity index (χ0) is 15.4. The van der Waals surface area contributed by atoms with Gasteiger partial charge >= 0.3 is 0 Å². The van der Waals surface area contributed by atoms with Gasteiger partial charge in [0.15, 0.2) is 0 Å². The number of hydrogen-bond donors (Lipinski definition) is 1. The summed E-state index contributed by atoms with van der Waals surface area (Å²) in [6.45, 7) is 2.01. The molecule has 0 aliphatic heterocycles. The smallest absolute Gasteiger partial charge is 0.133 e. The molecule has 0 saturated carbocycles. The van der Waals surface area contributed by atoms with E-state index in [1.54, 1.807) is 12.1 Å². The van der Waals surface area contributed by atoms with Crippen molar-refractivity contribution < 1.29 is 13.9 Å². The first-order valence-electron chi connectivity index (χ1n) is 6.51. The highest BCUT2D eigenvalue weighted by Crippen LogP contribution is 2.28. The Morgan fingerprint density at radius 1 is 1.24 bits per heavy atom. The fraction of sp³-hybridized carbons (Fsp3) is 0.250. The third-order valence-electron chi connectivity index (χ3n) is 3.11. The van der Waals surface area contributed by atoms with E-state index in [9.17, 15) is 4.39 Å². The van der Waals surface area contributed by atoms with Crippen LogP contribution in [0.3, 0.4) is 0 Å². The Hall–Kier alpha value is -1.59. The summed E-state index contributed by atoms with van der Waals surface area (Å²) in [5.74, 6) is 0.786. The lowest BCUT2D eigenvalue weighted by Gasteiger charge is -2.15. The summed E-state index contributed by atoms with van der Waals surface area (Å²) in [6, 6.07) is 10.1. The van der Waals surface area contributed by atoms with Crippen molar-refractivity contribution in [2.45, 2.75) is 19.6 Å². The first-order valence-corrected chi connectivity index (χ1v) is 7.31. The highest BCUT2D eigenvalue weighted by atomic mass is 79.9. The van der Waals surface area contributed by atoms with Crippen LogP contribution in [-0.2, 0) is 6.61 Å². The molecule has 0 saturated heterocycles. The highest BCUT2D eigenvalue weighted by molar-refractivity contribution is 9.10. The molecule has 5 heteroatoms. The van der Waals surface area contributed by atoms with E-state index in [-0.39, 0.29) is 18.5 Å². The summed E-state index contributed by atoms with van der Waals surface area (Å²) in [6.07, 6.45) is 0. The molecule has 1 atom stereocenters. The number of hydrogen-bond acceptors (Lipinski definition) is 3. The maximum absolute atomic E-state index is 13.9. The molecule has 3 nitrogen and oxygen atoms in total. The van der Waals surface area contributed by atoms with Gasteiger partial charge < -0.3 is 15.2 Å². The maximum Gasteiger partial charge on any atom is 0.133 e. The number of benzene rings is 2. The third kappa shape index (κ3) is 3.95. The number of methoxy groups -OCH3 is 1. The van der Waals surface area contributed by atoms with Crippen LogP contribution >= 0.6 is 15.9 Å². The van der Waals surface area contributed by atoms with Crippen LogP contribution in [0.1, 0.15) is 24.1 Å². The quantitative estimate of drug-likeness (QED) is 0.876. The van der Waals surface area contributed by atoms with E-state index >= 15 is 0 Å². The summed E-state index contributed by atoms with van der Waals surface area (Å²) in [5, 5.41) is 0. The van der Waals surface area contributed by atoms with Gasteiger partial charge in [-0.15, -0.1) is 0 Å². The molecule has 0 heterocycles. The van der Waals surface area contributed by atoms with E-state index < -0.39 is 0 Å². The lowest BCUT2D eigenvalue weighted by Crippen LogP contribution is -2.08. The summed E-state index contributed by atoms with van der Waals surface area (Å²) in [4.78, 5) is 0. The van der Waals surface area contributed by atoms with Gasteiger partial charge in [-0.05, 0) is 37.3 Å². The minimum Gasteiger partial charge on any atom is -0.497 e. The van der Waals surface area contributed by atoms with Gasteiger partial charge in [0.1, 0.15) is 23.9 Å². The molecule has 21 heavy (non-hydrogen) atoms. The molecule has 2 rings (SSSR count). The van der Waals surface area contributed by atoms with E-state index in [0.29, 0.717) is 17.1 Å². The summed E-state index contributed by atoms with van der Waals surface area (Å²) >= 11 is 3.40. The van der Waals surface area contributed by atoms with Gasteiger partial charge in [0.2, 0.25) is 0 Å².